The Morgan fingerprint density at radius 3 is 2.52 bits per heavy atom. The van der Waals surface area contributed by atoms with E-state index in [1.54, 1.807) is 25.8 Å². The van der Waals surface area contributed by atoms with Crippen LogP contribution in [0, 0.1) is 0 Å². The first-order chi connectivity index (χ1) is 15.2. The lowest BCUT2D eigenvalue weighted by Gasteiger charge is -2.31. The Hall–Kier alpha value is -2.60. The van der Waals surface area contributed by atoms with Gasteiger partial charge in [-0.3, -0.25) is 9.48 Å². The fraction of sp³-hybridized carbons (Fsp3) is 0.524. The topological polar surface area (TPSA) is 95.7 Å². The summed E-state index contributed by atoms with van der Waals surface area (Å²) in [4.78, 5) is 12.2. The van der Waals surface area contributed by atoms with Crippen molar-refractivity contribution in [3.63, 3.8) is 0 Å². The van der Waals surface area contributed by atoms with Crippen LogP contribution in [0.2, 0.25) is 0 Å². The maximum atomic E-state index is 13.6. The fourth-order valence-corrected chi connectivity index (χ4v) is 5.40. The summed E-state index contributed by atoms with van der Waals surface area (Å²) >= 11 is 0. The fourth-order valence-electron chi connectivity index (χ4n) is 3.97. The zero-order chi connectivity index (χ0) is 24.7. The number of fused-ring (bicyclic) bond motifs is 1. The van der Waals surface area contributed by atoms with Gasteiger partial charge in [-0.05, 0) is 51.3 Å². The molecule has 0 bridgehead atoms. The van der Waals surface area contributed by atoms with Crippen LogP contribution in [-0.2, 0) is 34.0 Å². The van der Waals surface area contributed by atoms with E-state index in [0.29, 0.717) is 36.6 Å². The first-order valence-corrected chi connectivity index (χ1v) is 11.9. The van der Waals surface area contributed by atoms with Crippen molar-refractivity contribution >= 4 is 21.7 Å². The summed E-state index contributed by atoms with van der Waals surface area (Å²) in [6.45, 7) is 3.23. The van der Waals surface area contributed by atoms with Crippen LogP contribution in [0.15, 0.2) is 29.3 Å². The molecule has 1 aromatic carbocycles. The third kappa shape index (κ3) is 5.01. The summed E-state index contributed by atoms with van der Waals surface area (Å²) in [5, 5.41) is 13.2. The van der Waals surface area contributed by atoms with Gasteiger partial charge in [-0.25, -0.2) is 8.42 Å². The van der Waals surface area contributed by atoms with Crippen molar-refractivity contribution < 1.29 is 31.5 Å². The van der Waals surface area contributed by atoms with Crippen LogP contribution < -0.4 is 4.90 Å². The second-order valence-corrected chi connectivity index (χ2v) is 10.4. The van der Waals surface area contributed by atoms with Crippen LogP contribution in [0.4, 0.5) is 18.9 Å². The van der Waals surface area contributed by atoms with E-state index in [2.05, 4.69) is 5.10 Å². The zero-order valence-corrected chi connectivity index (χ0v) is 19.6. The largest absolute Gasteiger partial charge is 0.480 e. The molecule has 0 fully saturated rings. The number of aromatic nitrogens is 2. The van der Waals surface area contributed by atoms with E-state index in [-0.39, 0.29) is 18.3 Å². The molecule has 0 saturated heterocycles. The Morgan fingerprint density at radius 2 is 1.94 bits per heavy atom. The molecule has 0 amide bonds. The van der Waals surface area contributed by atoms with Crippen molar-refractivity contribution in [2.75, 3.05) is 19.0 Å². The van der Waals surface area contributed by atoms with E-state index in [1.807, 2.05) is 0 Å². The van der Waals surface area contributed by atoms with Crippen LogP contribution in [0.25, 0.3) is 0 Å². The minimum atomic E-state index is -4.72. The predicted octanol–water partition coefficient (Wildman–Crippen LogP) is 3.53. The maximum absolute atomic E-state index is 13.6. The van der Waals surface area contributed by atoms with Gasteiger partial charge in [0.2, 0.25) is 10.0 Å². The van der Waals surface area contributed by atoms with Gasteiger partial charge in [-0.1, -0.05) is 0 Å². The molecule has 182 valence electrons. The Morgan fingerprint density at radius 1 is 1.27 bits per heavy atom. The van der Waals surface area contributed by atoms with Gasteiger partial charge in [0.25, 0.3) is 0 Å². The number of halogens is 3. The Bertz CT molecular complexity index is 1140. The summed E-state index contributed by atoms with van der Waals surface area (Å²) in [6, 6.07) is 2.03. The van der Waals surface area contributed by atoms with Gasteiger partial charge >= 0.3 is 12.1 Å². The normalized spacial score (nSPS) is 16.8. The van der Waals surface area contributed by atoms with Gasteiger partial charge in [0.15, 0.2) is 0 Å². The van der Waals surface area contributed by atoms with Crippen molar-refractivity contribution in [1.82, 2.24) is 14.1 Å². The van der Waals surface area contributed by atoms with E-state index in [9.17, 15) is 26.4 Å². The smallest absolute Gasteiger partial charge is 0.416 e. The molecule has 1 atom stereocenters. The number of sulfonamides is 1. The third-order valence-electron chi connectivity index (χ3n) is 6.03. The van der Waals surface area contributed by atoms with E-state index in [0.717, 1.165) is 10.4 Å². The molecule has 1 heterocycles. The summed E-state index contributed by atoms with van der Waals surface area (Å²) in [5.74, 6) is -1.07. The number of alkyl halides is 3. The Labute approximate surface area is 190 Å². The second-order valence-electron chi connectivity index (χ2n) is 8.45. The van der Waals surface area contributed by atoms with Crippen molar-refractivity contribution in [3.05, 3.63) is 41.2 Å². The van der Waals surface area contributed by atoms with Gasteiger partial charge in [0, 0.05) is 37.1 Å². The van der Waals surface area contributed by atoms with Crippen molar-refractivity contribution in [3.8, 4) is 0 Å². The molecule has 2 aromatic rings. The molecule has 1 aliphatic carbocycles. The molecule has 0 unspecified atom stereocenters. The number of hydrogen-bond acceptors (Lipinski definition) is 5. The van der Waals surface area contributed by atoms with Crippen LogP contribution in [0.5, 0.6) is 0 Å². The molecule has 3 rings (SSSR count). The van der Waals surface area contributed by atoms with Crippen molar-refractivity contribution in [2.45, 2.75) is 62.8 Å². The molecule has 0 saturated carbocycles. The molecule has 0 radical (unpaired) electrons. The van der Waals surface area contributed by atoms with Gasteiger partial charge < -0.3 is 10.0 Å². The van der Waals surface area contributed by atoms with E-state index in [4.69, 9.17) is 5.11 Å². The number of nitrogens with zero attached hydrogens (tertiary/aromatic N) is 4. The zero-order valence-electron chi connectivity index (χ0n) is 18.8. The number of hydrogen-bond donors (Lipinski definition) is 1. The van der Waals surface area contributed by atoms with Gasteiger partial charge in [0.05, 0.1) is 22.7 Å². The average Bonchev–Trinajstić information content (AvgIpc) is 3.13. The number of carboxylic acid groups (broad SMARTS) is 1. The van der Waals surface area contributed by atoms with E-state index < -0.39 is 38.7 Å². The van der Waals surface area contributed by atoms with Crippen molar-refractivity contribution in [1.29, 1.82) is 0 Å². The number of carboxylic acids is 1. The molecule has 1 N–H and O–H groups in total. The quantitative estimate of drug-likeness (QED) is 0.641. The van der Waals surface area contributed by atoms with E-state index in [1.165, 1.54) is 24.0 Å². The van der Waals surface area contributed by atoms with Gasteiger partial charge in [-0.15, -0.1) is 0 Å². The van der Waals surface area contributed by atoms with Crippen LogP contribution in [0.1, 0.15) is 49.6 Å². The number of aliphatic carboxylic acids is 1. The average molecular weight is 489 g/mol. The summed E-state index contributed by atoms with van der Waals surface area (Å²) in [5.41, 5.74) is 0.295. The molecule has 1 aliphatic rings. The standard InChI is InChI=1S/C21H27F3N4O4S/c1-13(2)26(3)15-8-14(21(22,23)24)9-16(10-15)33(31,32)27(4)18-6-5-7-19-17(18)11-25-28(19)12-20(29)30/h8-11,13,18H,5-7,12H2,1-4H3,(H,29,30)/t18-/m1/s1. The number of anilines is 1. The van der Waals surface area contributed by atoms with Crippen LogP contribution in [-0.4, -0.2) is 53.7 Å². The minimum absolute atomic E-state index is 0.144. The van der Waals surface area contributed by atoms with E-state index >= 15 is 0 Å². The van der Waals surface area contributed by atoms with Crippen LogP contribution >= 0.6 is 0 Å². The lowest BCUT2D eigenvalue weighted by atomic mass is 9.93. The Kier molecular flexibility index (Phi) is 6.81. The first kappa shape index (κ1) is 25.0. The summed E-state index contributed by atoms with van der Waals surface area (Å²) < 4.78 is 70.0. The highest BCUT2D eigenvalue weighted by atomic mass is 32.2. The monoisotopic (exact) mass is 488 g/mol. The number of rotatable bonds is 7. The molecule has 8 nitrogen and oxygen atoms in total. The van der Waals surface area contributed by atoms with Crippen molar-refractivity contribution in [2.24, 2.45) is 0 Å². The van der Waals surface area contributed by atoms with Gasteiger partial charge in [-0.2, -0.15) is 22.6 Å². The Balaban J connectivity index is 2.05. The number of benzene rings is 1. The second kappa shape index (κ2) is 8.98. The van der Waals surface area contributed by atoms with Crippen LogP contribution in [0.3, 0.4) is 0 Å². The molecular formula is C21H27F3N4O4S. The summed E-state index contributed by atoms with van der Waals surface area (Å²) in [7, 11) is -1.38. The summed E-state index contributed by atoms with van der Waals surface area (Å²) in [6.07, 6.45) is -1.70. The molecule has 0 aliphatic heterocycles. The lowest BCUT2D eigenvalue weighted by molar-refractivity contribution is -0.138. The SMILES string of the molecule is CC(C)N(C)c1cc(C(F)(F)F)cc(S(=O)(=O)N(C)[C@@H]2CCCc3c2cnn3CC(=O)O)c1. The highest BCUT2D eigenvalue weighted by Crippen LogP contribution is 2.39. The molecule has 0 spiro atoms. The highest BCUT2D eigenvalue weighted by Gasteiger charge is 2.37. The van der Waals surface area contributed by atoms with Gasteiger partial charge in [0.1, 0.15) is 6.54 Å². The maximum Gasteiger partial charge on any atom is 0.416 e. The highest BCUT2D eigenvalue weighted by molar-refractivity contribution is 7.89. The molecule has 12 heteroatoms. The predicted molar refractivity (Wildman–Crippen MR) is 115 cm³/mol. The molecule has 1 aromatic heterocycles. The molecular weight excluding hydrogens is 461 g/mol. The third-order valence-corrected chi connectivity index (χ3v) is 7.88. The minimum Gasteiger partial charge on any atom is -0.480 e. The first-order valence-electron chi connectivity index (χ1n) is 10.4. The molecule has 33 heavy (non-hydrogen) atoms. The lowest BCUT2D eigenvalue weighted by Crippen LogP contribution is -2.34. The number of carbonyl (C=O) groups is 1.